The number of cyclic esters (lactones) is 1. The van der Waals surface area contributed by atoms with E-state index < -0.39 is 10.0 Å². The summed E-state index contributed by atoms with van der Waals surface area (Å²) >= 11 is 0. The summed E-state index contributed by atoms with van der Waals surface area (Å²) in [4.78, 5) is 12.2. The maximum atomic E-state index is 10.7. The Morgan fingerprint density at radius 2 is 2.45 bits per heavy atom. The predicted molar refractivity (Wildman–Crippen MR) is 41.8 cm³/mol. The average molecular weight is 198 g/mol. The number of rotatable bonds is 3. The Labute approximate surface area is 71.4 Å². The predicted octanol–water partition coefficient (Wildman–Crippen LogP) is 0.341. The number of carbonyl (C=O) groups is 1. The lowest BCUT2D eigenvalue weighted by Crippen LogP contribution is -2.27. The van der Waals surface area contributed by atoms with Gasteiger partial charge in [0.25, 0.3) is 0 Å². The summed E-state index contributed by atoms with van der Waals surface area (Å²) < 4.78 is 15.0. The van der Waals surface area contributed by atoms with Crippen LogP contribution in [-0.4, -0.2) is 40.7 Å². The molecule has 6 heteroatoms. The van der Waals surface area contributed by atoms with E-state index in [1.54, 1.807) is 0 Å². The topological polar surface area (TPSA) is 46.6 Å². The monoisotopic (exact) mass is 197 g/mol. The summed E-state index contributed by atoms with van der Waals surface area (Å²) in [6.45, 7) is 1.41. The number of nitrogens with zero attached hydrogens (tertiary/aromatic N) is 1. The summed E-state index contributed by atoms with van der Waals surface area (Å²) in [5.41, 5.74) is 0. The lowest BCUT2D eigenvalue weighted by atomic mass is 10.6. The molecule has 1 rings (SSSR count). The molecule has 1 amide bonds. The summed E-state index contributed by atoms with van der Waals surface area (Å²) in [6, 6.07) is 0. The van der Waals surface area contributed by atoms with Crippen molar-refractivity contribution in [2.45, 2.75) is 0 Å². The molecule has 1 unspecified atom stereocenters. The van der Waals surface area contributed by atoms with Gasteiger partial charge in [0.2, 0.25) is 0 Å². The van der Waals surface area contributed by atoms with Crippen molar-refractivity contribution in [1.82, 2.24) is 4.90 Å². The van der Waals surface area contributed by atoms with Crippen LogP contribution in [0.3, 0.4) is 0 Å². The fourth-order valence-corrected chi connectivity index (χ4v) is 1.38. The minimum Gasteiger partial charge on any atom is -0.448 e. The number of halogens is 1. The van der Waals surface area contributed by atoms with Crippen LogP contribution < -0.4 is 0 Å². The highest BCUT2D eigenvalue weighted by atomic mass is 35.7. The zero-order chi connectivity index (χ0) is 8.27. The van der Waals surface area contributed by atoms with Crippen LogP contribution in [0.1, 0.15) is 0 Å². The number of ether oxygens (including phenoxy) is 1. The van der Waals surface area contributed by atoms with E-state index >= 15 is 0 Å². The van der Waals surface area contributed by atoms with Crippen LogP contribution in [0.5, 0.6) is 0 Å². The van der Waals surface area contributed by atoms with Crippen molar-refractivity contribution in [3.8, 4) is 0 Å². The quantitative estimate of drug-likeness (QED) is 0.613. The summed E-state index contributed by atoms with van der Waals surface area (Å²) in [6.07, 6.45) is -0.341. The van der Waals surface area contributed by atoms with Gasteiger partial charge >= 0.3 is 6.09 Å². The third-order valence-corrected chi connectivity index (χ3v) is 2.33. The van der Waals surface area contributed by atoms with Crippen LogP contribution in [-0.2, 0) is 14.7 Å². The Morgan fingerprint density at radius 1 is 1.73 bits per heavy atom. The lowest BCUT2D eigenvalue weighted by molar-refractivity contribution is 0.160. The van der Waals surface area contributed by atoms with E-state index in [0.717, 1.165) is 0 Å². The van der Waals surface area contributed by atoms with Gasteiger partial charge in [-0.3, -0.25) is 0 Å². The Kier molecular flexibility index (Phi) is 3.14. The Morgan fingerprint density at radius 3 is 2.91 bits per heavy atom. The first-order chi connectivity index (χ1) is 5.20. The van der Waals surface area contributed by atoms with E-state index in [1.807, 2.05) is 0 Å². The molecule has 0 aromatic carbocycles. The number of amides is 1. The molecule has 0 N–H and O–H groups in total. The fourth-order valence-electron chi connectivity index (χ4n) is 0.811. The van der Waals surface area contributed by atoms with E-state index in [1.165, 1.54) is 4.90 Å². The molecular formula is C5H8ClNO3S. The van der Waals surface area contributed by atoms with Gasteiger partial charge in [-0.2, -0.15) is 0 Å². The molecule has 0 aromatic rings. The number of hydrogen-bond donors (Lipinski definition) is 0. The van der Waals surface area contributed by atoms with Gasteiger partial charge in [-0.25, -0.2) is 9.00 Å². The van der Waals surface area contributed by atoms with Crippen LogP contribution >= 0.6 is 10.7 Å². The second kappa shape index (κ2) is 3.92. The van der Waals surface area contributed by atoms with Crippen LogP contribution in [0.15, 0.2) is 0 Å². The number of hydrogen-bond acceptors (Lipinski definition) is 3. The molecule has 0 aliphatic carbocycles. The van der Waals surface area contributed by atoms with E-state index in [0.29, 0.717) is 25.4 Å². The van der Waals surface area contributed by atoms with Gasteiger partial charge in [0.15, 0.2) is 0 Å². The van der Waals surface area contributed by atoms with Crippen molar-refractivity contribution in [2.75, 3.05) is 25.4 Å². The minimum absolute atomic E-state index is 0.302. The molecule has 1 aliphatic heterocycles. The van der Waals surface area contributed by atoms with E-state index in [2.05, 4.69) is 4.74 Å². The lowest BCUT2D eigenvalue weighted by Gasteiger charge is -2.09. The van der Waals surface area contributed by atoms with E-state index in [-0.39, 0.29) is 6.09 Å². The molecule has 0 aromatic heterocycles. The van der Waals surface area contributed by atoms with Gasteiger partial charge in [0.1, 0.15) is 16.6 Å². The summed E-state index contributed by atoms with van der Waals surface area (Å²) in [5, 5.41) is 0. The van der Waals surface area contributed by atoms with Crippen LogP contribution in [0, 0.1) is 0 Å². The van der Waals surface area contributed by atoms with Gasteiger partial charge < -0.3 is 9.64 Å². The van der Waals surface area contributed by atoms with Gasteiger partial charge in [-0.05, 0) is 10.7 Å². The molecule has 0 radical (unpaired) electrons. The summed E-state index contributed by atoms with van der Waals surface area (Å²) in [5.74, 6) is 0.302. The zero-order valence-electron chi connectivity index (χ0n) is 5.79. The Balaban J connectivity index is 2.26. The molecule has 64 valence electrons. The third kappa shape index (κ3) is 2.67. The van der Waals surface area contributed by atoms with Crippen LogP contribution in [0.4, 0.5) is 4.79 Å². The molecule has 1 fully saturated rings. The molecule has 1 saturated heterocycles. The average Bonchev–Trinajstić information content (AvgIpc) is 2.31. The van der Waals surface area contributed by atoms with Crippen molar-refractivity contribution in [2.24, 2.45) is 0 Å². The van der Waals surface area contributed by atoms with Crippen molar-refractivity contribution in [1.29, 1.82) is 0 Å². The first-order valence-electron chi connectivity index (χ1n) is 3.16. The normalized spacial score (nSPS) is 20.1. The molecule has 1 aliphatic rings. The zero-order valence-corrected chi connectivity index (χ0v) is 7.36. The van der Waals surface area contributed by atoms with Gasteiger partial charge in [-0.1, -0.05) is 0 Å². The smallest absolute Gasteiger partial charge is 0.409 e. The third-order valence-electron chi connectivity index (χ3n) is 1.37. The second-order valence-electron chi connectivity index (χ2n) is 2.10. The Bertz CT molecular complexity index is 187. The first-order valence-corrected chi connectivity index (χ1v) is 5.31. The Hall–Kier alpha value is -0.290. The molecule has 0 bridgehead atoms. The molecule has 1 atom stereocenters. The minimum atomic E-state index is -1.35. The van der Waals surface area contributed by atoms with Gasteiger partial charge in [0.05, 0.1) is 12.3 Å². The van der Waals surface area contributed by atoms with Crippen LogP contribution in [0.25, 0.3) is 0 Å². The molecule has 0 saturated carbocycles. The van der Waals surface area contributed by atoms with Gasteiger partial charge in [-0.15, -0.1) is 0 Å². The van der Waals surface area contributed by atoms with Crippen LogP contribution in [0.2, 0.25) is 0 Å². The molecule has 11 heavy (non-hydrogen) atoms. The highest BCUT2D eigenvalue weighted by molar-refractivity contribution is 8.08. The largest absolute Gasteiger partial charge is 0.448 e. The van der Waals surface area contributed by atoms with E-state index in [4.69, 9.17) is 10.7 Å². The SMILES string of the molecule is O=C1OCCN1CCS(=O)Cl. The maximum Gasteiger partial charge on any atom is 0.409 e. The van der Waals surface area contributed by atoms with Crippen molar-refractivity contribution >= 4 is 26.8 Å². The standard InChI is InChI=1S/C5H8ClNO3S/c6-11(9)4-2-7-1-3-10-5(7)8/h1-4H2. The second-order valence-corrected chi connectivity index (χ2v) is 4.12. The molecule has 4 nitrogen and oxygen atoms in total. The fraction of sp³-hybridized carbons (Fsp3) is 0.800. The molecule has 0 spiro atoms. The van der Waals surface area contributed by atoms with Gasteiger partial charge in [0, 0.05) is 6.54 Å². The number of carbonyl (C=O) groups excluding carboxylic acids is 1. The van der Waals surface area contributed by atoms with Crippen molar-refractivity contribution in [3.05, 3.63) is 0 Å². The van der Waals surface area contributed by atoms with E-state index in [9.17, 15) is 9.00 Å². The first kappa shape index (κ1) is 8.80. The highest BCUT2D eigenvalue weighted by Gasteiger charge is 2.21. The molecule has 1 heterocycles. The molecular weight excluding hydrogens is 190 g/mol. The van der Waals surface area contributed by atoms with Crippen molar-refractivity contribution < 1.29 is 13.7 Å². The van der Waals surface area contributed by atoms with Crippen molar-refractivity contribution in [3.63, 3.8) is 0 Å². The highest BCUT2D eigenvalue weighted by Crippen LogP contribution is 2.03. The maximum absolute atomic E-state index is 10.7. The summed E-state index contributed by atoms with van der Waals surface area (Å²) in [7, 11) is 3.84.